The first-order valence-corrected chi connectivity index (χ1v) is 5.34. The van der Waals surface area contributed by atoms with Gasteiger partial charge >= 0.3 is 0 Å². The van der Waals surface area contributed by atoms with Gasteiger partial charge in [-0.3, -0.25) is 4.79 Å². The Balaban J connectivity index is 1.95. The van der Waals surface area contributed by atoms with Gasteiger partial charge in [-0.25, -0.2) is 15.0 Å². The molecule has 0 radical (unpaired) electrons. The van der Waals surface area contributed by atoms with E-state index in [1.807, 2.05) is 0 Å². The SMILES string of the molecule is O=C(Nc1ccccn1)c1nccn2ccnc12. The number of hydrogen-bond acceptors (Lipinski definition) is 4. The highest BCUT2D eigenvalue weighted by atomic mass is 16.2. The molecule has 6 nitrogen and oxygen atoms in total. The molecule has 3 aromatic heterocycles. The molecule has 3 rings (SSSR count). The van der Waals surface area contributed by atoms with Crippen molar-refractivity contribution in [1.82, 2.24) is 19.4 Å². The predicted molar refractivity (Wildman–Crippen MR) is 65.2 cm³/mol. The van der Waals surface area contributed by atoms with Crippen molar-refractivity contribution in [2.45, 2.75) is 0 Å². The number of nitrogens with zero attached hydrogens (tertiary/aromatic N) is 4. The Morgan fingerprint density at radius 1 is 1.06 bits per heavy atom. The number of fused-ring (bicyclic) bond motifs is 1. The van der Waals surface area contributed by atoms with Crippen molar-refractivity contribution in [3.05, 3.63) is 54.9 Å². The van der Waals surface area contributed by atoms with Gasteiger partial charge in [0.15, 0.2) is 11.3 Å². The van der Waals surface area contributed by atoms with E-state index >= 15 is 0 Å². The van der Waals surface area contributed by atoms with Gasteiger partial charge in [0.05, 0.1) is 0 Å². The van der Waals surface area contributed by atoms with Crippen molar-refractivity contribution in [3.63, 3.8) is 0 Å². The van der Waals surface area contributed by atoms with Gasteiger partial charge in [0, 0.05) is 31.0 Å². The molecule has 0 aliphatic carbocycles. The number of rotatable bonds is 2. The highest BCUT2D eigenvalue weighted by molar-refractivity contribution is 6.06. The van der Waals surface area contributed by atoms with Crippen LogP contribution >= 0.6 is 0 Å². The quantitative estimate of drug-likeness (QED) is 0.733. The van der Waals surface area contributed by atoms with E-state index in [4.69, 9.17) is 0 Å². The molecule has 3 aromatic rings. The lowest BCUT2D eigenvalue weighted by Crippen LogP contribution is -2.15. The summed E-state index contributed by atoms with van der Waals surface area (Å²) in [6, 6.07) is 5.29. The third-order valence-corrected chi connectivity index (χ3v) is 2.43. The summed E-state index contributed by atoms with van der Waals surface area (Å²) in [4.78, 5) is 24.2. The molecule has 0 aromatic carbocycles. The molecular formula is C12H9N5O. The third kappa shape index (κ3) is 1.80. The fourth-order valence-corrected chi connectivity index (χ4v) is 1.63. The third-order valence-electron chi connectivity index (χ3n) is 2.43. The summed E-state index contributed by atoms with van der Waals surface area (Å²) >= 11 is 0. The minimum atomic E-state index is -0.328. The minimum absolute atomic E-state index is 0.271. The second kappa shape index (κ2) is 4.25. The first-order chi connectivity index (χ1) is 8.84. The number of amides is 1. The maximum absolute atomic E-state index is 12.1. The molecule has 88 valence electrons. The van der Waals surface area contributed by atoms with E-state index in [-0.39, 0.29) is 11.6 Å². The number of pyridine rings is 1. The van der Waals surface area contributed by atoms with Crippen LogP contribution in [0.5, 0.6) is 0 Å². The Morgan fingerprint density at radius 2 is 1.89 bits per heavy atom. The standard InChI is InChI=1S/C12H9N5O/c18-12(16-9-3-1-2-4-13-9)10-11-15-6-8-17(11)7-5-14-10/h1-8H,(H,13,16,18). The molecule has 18 heavy (non-hydrogen) atoms. The van der Waals surface area contributed by atoms with E-state index in [0.29, 0.717) is 11.5 Å². The Morgan fingerprint density at radius 3 is 2.67 bits per heavy atom. The number of aromatic nitrogens is 4. The van der Waals surface area contributed by atoms with E-state index < -0.39 is 0 Å². The highest BCUT2D eigenvalue weighted by Crippen LogP contribution is 2.08. The average Bonchev–Trinajstić information content (AvgIpc) is 2.87. The van der Waals surface area contributed by atoms with E-state index in [1.54, 1.807) is 53.6 Å². The number of nitrogens with one attached hydrogen (secondary N) is 1. The van der Waals surface area contributed by atoms with Crippen LogP contribution in [0.3, 0.4) is 0 Å². The summed E-state index contributed by atoms with van der Waals surface area (Å²) in [5, 5.41) is 2.67. The van der Waals surface area contributed by atoms with Gasteiger partial charge in [0.25, 0.3) is 5.91 Å². The van der Waals surface area contributed by atoms with Crippen LogP contribution in [0.15, 0.2) is 49.2 Å². The van der Waals surface area contributed by atoms with Gasteiger partial charge in [-0.15, -0.1) is 0 Å². The van der Waals surface area contributed by atoms with E-state index in [2.05, 4.69) is 20.3 Å². The molecule has 6 heteroatoms. The Hall–Kier alpha value is -2.76. The van der Waals surface area contributed by atoms with Crippen LogP contribution in [-0.4, -0.2) is 25.3 Å². The fourth-order valence-electron chi connectivity index (χ4n) is 1.63. The Labute approximate surface area is 102 Å². The van der Waals surface area contributed by atoms with Crippen molar-refractivity contribution in [1.29, 1.82) is 0 Å². The number of anilines is 1. The van der Waals surface area contributed by atoms with Gasteiger partial charge < -0.3 is 9.72 Å². The van der Waals surface area contributed by atoms with Crippen LogP contribution in [0.25, 0.3) is 5.65 Å². The highest BCUT2D eigenvalue weighted by Gasteiger charge is 2.13. The van der Waals surface area contributed by atoms with Crippen molar-refractivity contribution in [2.75, 3.05) is 5.32 Å². The monoisotopic (exact) mass is 239 g/mol. The van der Waals surface area contributed by atoms with E-state index in [0.717, 1.165) is 0 Å². The molecule has 0 saturated heterocycles. The van der Waals surface area contributed by atoms with Crippen molar-refractivity contribution < 1.29 is 4.79 Å². The van der Waals surface area contributed by atoms with E-state index in [9.17, 15) is 4.79 Å². The predicted octanol–water partition coefficient (Wildman–Crippen LogP) is 1.38. The molecule has 0 unspecified atom stereocenters. The Kier molecular flexibility index (Phi) is 2.45. The van der Waals surface area contributed by atoms with Crippen LogP contribution in [0.2, 0.25) is 0 Å². The lowest BCUT2D eigenvalue weighted by molar-refractivity contribution is 0.102. The molecule has 0 spiro atoms. The first kappa shape index (κ1) is 10.4. The van der Waals surface area contributed by atoms with E-state index in [1.165, 1.54) is 0 Å². The summed E-state index contributed by atoms with van der Waals surface area (Å²) in [6.45, 7) is 0. The second-order valence-electron chi connectivity index (χ2n) is 3.60. The van der Waals surface area contributed by atoms with Gasteiger partial charge in [-0.1, -0.05) is 6.07 Å². The maximum atomic E-state index is 12.1. The molecule has 1 N–H and O–H groups in total. The van der Waals surface area contributed by atoms with Crippen LogP contribution in [0.1, 0.15) is 10.5 Å². The zero-order valence-corrected chi connectivity index (χ0v) is 9.32. The number of carbonyl (C=O) groups excluding carboxylic acids is 1. The fraction of sp³-hybridized carbons (Fsp3) is 0. The van der Waals surface area contributed by atoms with Gasteiger partial charge in [0.2, 0.25) is 0 Å². The number of hydrogen-bond donors (Lipinski definition) is 1. The molecule has 1 amide bonds. The zero-order valence-electron chi connectivity index (χ0n) is 9.32. The zero-order chi connectivity index (χ0) is 12.4. The van der Waals surface area contributed by atoms with Gasteiger partial charge in [0.1, 0.15) is 5.82 Å². The molecule has 0 aliphatic rings. The first-order valence-electron chi connectivity index (χ1n) is 5.34. The molecule has 0 bridgehead atoms. The maximum Gasteiger partial charge on any atom is 0.279 e. The van der Waals surface area contributed by atoms with Gasteiger partial charge in [-0.05, 0) is 12.1 Å². The second-order valence-corrected chi connectivity index (χ2v) is 3.60. The van der Waals surface area contributed by atoms with Gasteiger partial charge in [-0.2, -0.15) is 0 Å². The summed E-state index contributed by atoms with van der Waals surface area (Å²) in [7, 11) is 0. The summed E-state index contributed by atoms with van der Waals surface area (Å²) in [5.74, 6) is 0.156. The molecular weight excluding hydrogens is 230 g/mol. The largest absolute Gasteiger partial charge is 0.305 e. The van der Waals surface area contributed by atoms with Crippen LogP contribution < -0.4 is 5.32 Å². The lowest BCUT2D eigenvalue weighted by Gasteiger charge is -2.04. The molecule has 3 heterocycles. The van der Waals surface area contributed by atoms with Crippen LogP contribution in [0.4, 0.5) is 5.82 Å². The normalized spacial score (nSPS) is 10.4. The lowest BCUT2D eigenvalue weighted by atomic mass is 10.4. The summed E-state index contributed by atoms with van der Waals surface area (Å²) in [6.07, 6.45) is 8.28. The van der Waals surface area contributed by atoms with Crippen LogP contribution in [0, 0.1) is 0 Å². The summed E-state index contributed by atoms with van der Waals surface area (Å²) in [5.41, 5.74) is 0.791. The molecule has 0 aliphatic heterocycles. The smallest absolute Gasteiger partial charge is 0.279 e. The molecule has 0 fully saturated rings. The van der Waals surface area contributed by atoms with Crippen LogP contribution in [-0.2, 0) is 0 Å². The minimum Gasteiger partial charge on any atom is -0.305 e. The summed E-state index contributed by atoms with van der Waals surface area (Å²) < 4.78 is 1.74. The molecule has 0 atom stereocenters. The molecule has 0 saturated carbocycles. The van der Waals surface area contributed by atoms with Crippen molar-refractivity contribution >= 4 is 17.4 Å². The van der Waals surface area contributed by atoms with Crippen molar-refractivity contribution in [3.8, 4) is 0 Å². The topological polar surface area (TPSA) is 72.2 Å². The Bertz CT molecular complexity index is 692. The number of carbonyl (C=O) groups is 1. The average molecular weight is 239 g/mol. The number of imidazole rings is 1. The van der Waals surface area contributed by atoms with Crippen molar-refractivity contribution in [2.24, 2.45) is 0 Å².